The van der Waals surface area contributed by atoms with Gasteiger partial charge in [0.05, 0.1) is 6.04 Å². The van der Waals surface area contributed by atoms with E-state index in [0.29, 0.717) is 0 Å². The fourth-order valence-electron chi connectivity index (χ4n) is 2.48. The van der Waals surface area contributed by atoms with E-state index in [1.165, 1.54) is 10.4 Å². The minimum Gasteiger partial charge on any atom is -0.488 e. The van der Waals surface area contributed by atoms with Crippen LogP contribution in [0.1, 0.15) is 35.3 Å². The number of thiazole rings is 1. The van der Waals surface area contributed by atoms with Crippen molar-refractivity contribution < 1.29 is 4.74 Å². The summed E-state index contributed by atoms with van der Waals surface area (Å²) in [5.74, 6) is 1.01. The Labute approximate surface area is 137 Å². The maximum atomic E-state index is 5.97. The topological polar surface area (TPSA) is 34.2 Å². The summed E-state index contributed by atoms with van der Waals surface area (Å²) in [5.41, 5.74) is 1.28. The second-order valence-corrected chi connectivity index (χ2v) is 7.41. The normalized spacial score (nSPS) is 18.3. The van der Waals surface area contributed by atoms with Crippen LogP contribution in [0.2, 0.25) is 0 Å². The average Bonchev–Trinajstić information content (AvgIpc) is 3.10. The van der Waals surface area contributed by atoms with E-state index in [4.69, 9.17) is 4.74 Å². The van der Waals surface area contributed by atoms with Crippen LogP contribution in [0.3, 0.4) is 0 Å². The van der Waals surface area contributed by atoms with Crippen molar-refractivity contribution in [2.75, 3.05) is 6.54 Å². The lowest BCUT2D eigenvalue weighted by molar-refractivity contribution is 0.222. The molecule has 1 aliphatic heterocycles. The van der Waals surface area contributed by atoms with E-state index in [2.05, 4.69) is 46.1 Å². The van der Waals surface area contributed by atoms with Crippen LogP contribution in [0, 0.1) is 0 Å². The first kappa shape index (κ1) is 15.0. The highest BCUT2D eigenvalue weighted by molar-refractivity contribution is 9.10. The van der Waals surface area contributed by atoms with E-state index in [-0.39, 0.29) is 12.1 Å². The zero-order chi connectivity index (χ0) is 14.8. The lowest BCUT2D eigenvalue weighted by Gasteiger charge is -2.15. The van der Waals surface area contributed by atoms with Crippen LogP contribution >= 0.6 is 27.3 Å². The second-order valence-electron chi connectivity index (χ2n) is 5.34. The maximum Gasteiger partial charge on any atom is 0.123 e. The summed E-state index contributed by atoms with van der Waals surface area (Å²) in [5, 5.41) is 4.70. The molecular weight excluding hydrogens is 348 g/mol. The molecule has 0 radical (unpaired) electrons. The number of benzene rings is 1. The third-order valence-corrected chi connectivity index (χ3v) is 5.52. The first-order valence-electron chi connectivity index (χ1n) is 7.28. The molecule has 21 heavy (non-hydrogen) atoms. The molecule has 0 aliphatic carbocycles. The van der Waals surface area contributed by atoms with Gasteiger partial charge < -0.3 is 10.1 Å². The highest BCUT2D eigenvalue weighted by Gasteiger charge is 2.23. The van der Waals surface area contributed by atoms with Gasteiger partial charge in [0.1, 0.15) is 16.9 Å². The molecule has 1 N–H and O–H groups in total. The minimum atomic E-state index is 0.211. The Morgan fingerprint density at radius 2 is 2.38 bits per heavy atom. The fourth-order valence-corrected chi connectivity index (χ4v) is 3.78. The monoisotopic (exact) mass is 366 g/mol. The molecule has 1 aliphatic rings. The van der Waals surface area contributed by atoms with Gasteiger partial charge in [-0.3, -0.25) is 0 Å². The van der Waals surface area contributed by atoms with Crippen molar-refractivity contribution >= 4 is 27.3 Å². The Kier molecular flexibility index (Phi) is 4.62. The lowest BCUT2D eigenvalue weighted by Crippen LogP contribution is -2.31. The molecule has 3 rings (SSSR count). The number of fused-ring (bicyclic) bond motifs is 1. The largest absolute Gasteiger partial charge is 0.488 e. The molecule has 112 valence electrons. The summed E-state index contributed by atoms with van der Waals surface area (Å²) in [6.45, 7) is 5.17. The van der Waals surface area contributed by atoms with Crippen molar-refractivity contribution in [1.82, 2.24) is 10.3 Å². The Hall–Kier alpha value is -0.910. The molecule has 2 unspecified atom stereocenters. The Morgan fingerprint density at radius 3 is 3.14 bits per heavy atom. The molecule has 2 heterocycles. The van der Waals surface area contributed by atoms with Crippen LogP contribution in [0.15, 0.2) is 28.9 Å². The van der Waals surface area contributed by atoms with E-state index in [1.807, 2.05) is 18.3 Å². The van der Waals surface area contributed by atoms with Crippen molar-refractivity contribution in [2.24, 2.45) is 0 Å². The predicted molar refractivity (Wildman–Crippen MR) is 90.2 cm³/mol. The van der Waals surface area contributed by atoms with Crippen LogP contribution in [-0.4, -0.2) is 17.6 Å². The number of nitrogens with one attached hydrogen (secondary N) is 1. The molecule has 0 fully saturated rings. The summed E-state index contributed by atoms with van der Waals surface area (Å²) in [4.78, 5) is 5.83. The summed E-state index contributed by atoms with van der Waals surface area (Å²) in [6, 6.07) is 6.48. The van der Waals surface area contributed by atoms with Crippen LogP contribution < -0.4 is 10.1 Å². The van der Waals surface area contributed by atoms with Gasteiger partial charge in [0, 0.05) is 28.5 Å². The second kappa shape index (κ2) is 6.46. The summed E-state index contributed by atoms with van der Waals surface area (Å²) < 4.78 is 7.09. The Morgan fingerprint density at radius 1 is 1.52 bits per heavy atom. The lowest BCUT2D eigenvalue weighted by atomic mass is 10.1. The molecule has 3 nitrogen and oxygen atoms in total. The number of nitrogens with zero attached hydrogens (tertiary/aromatic N) is 1. The molecule has 0 saturated heterocycles. The molecule has 0 amide bonds. The molecule has 2 atom stereocenters. The summed E-state index contributed by atoms with van der Waals surface area (Å²) >= 11 is 5.30. The van der Waals surface area contributed by atoms with Crippen molar-refractivity contribution in [1.29, 1.82) is 0 Å². The van der Waals surface area contributed by atoms with Crippen LogP contribution in [0.25, 0.3) is 0 Å². The summed E-state index contributed by atoms with van der Waals surface area (Å²) in [7, 11) is 0. The zero-order valence-electron chi connectivity index (χ0n) is 12.2. The van der Waals surface area contributed by atoms with Crippen molar-refractivity contribution in [3.63, 3.8) is 0 Å². The Balaban J connectivity index is 1.54. The van der Waals surface area contributed by atoms with Gasteiger partial charge in [-0.1, -0.05) is 22.9 Å². The maximum absolute atomic E-state index is 5.97. The molecule has 2 aromatic rings. The van der Waals surface area contributed by atoms with E-state index >= 15 is 0 Å². The van der Waals surface area contributed by atoms with Crippen molar-refractivity contribution in [3.8, 4) is 5.75 Å². The van der Waals surface area contributed by atoms with Gasteiger partial charge in [-0.2, -0.15) is 0 Å². The van der Waals surface area contributed by atoms with Gasteiger partial charge in [0.2, 0.25) is 0 Å². The SMILES string of the molecule is CCc1cnc(C(C)NCC2Cc3cc(Br)ccc3O2)s1. The minimum absolute atomic E-state index is 0.211. The first-order chi connectivity index (χ1) is 10.2. The van der Waals surface area contributed by atoms with Gasteiger partial charge in [-0.15, -0.1) is 11.3 Å². The molecule has 0 bridgehead atoms. The number of aromatic nitrogens is 1. The van der Waals surface area contributed by atoms with Crippen LogP contribution in [-0.2, 0) is 12.8 Å². The Bertz CT molecular complexity index is 628. The number of hydrogen-bond acceptors (Lipinski definition) is 4. The van der Waals surface area contributed by atoms with E-state index in [1.54, 1.807) is 11.3 Å². The summed E-state index contributed by atoms with van der Waals surface area (Å²) in [6.07, 6.45) is 4.21. The number of hydrogen-bond donors (Lipinski definition) is 1. The average molecular weight is 367 g/mol. The van der Waals surface area contributed by atoms with E-state index in [0.717, 1.165) is 34.6 Å². The van der Waals surface area contributed by atoms with Crippen LogP contribution in [0.5, 0.6) is 5.75 Å². The number of halogens is 1. The third kappa shape index (κ3) is 3.47. The van der Waals surface area contributed by atoms with Gasteiger partial charge in [-0.05, 0) is 37.1 Å². The highest BCUT2D eigenvalue weighted by Crippen LogP contribution is 2.31. The zero-order valence-corrected chi connectivity index (χ0v) is 14.6. The number of ether oxygens (including phenoxy) is 1. The van der Waals surface area contributed by atoms with E-state index < -0.39 is 0 Å². The fraction of sp³-hybridized carbons (Fsp3) is 0.438. The molecule has 0 saturated carbocycles. The predicted octanol–water partition coefficient (Wildman–Crippen LogP) is 4.12. The van der Waals surface area contributed by atoms with Gasteiger partial charge in [0.15, 0.2) is 0 Å². The smallest absolute Gasteiger partial charge is 0.123 e. The molecule has 5 heteroatoms. The van der Waals surface area contributed by atoms with Crippen molar-refractivity contribution in [3.05, 3.63) is 44.3 Å². The van der Waals surface area contributed by atoms with Gasteiger partial charge in [-0.25, -0.2) is 4.98 Å². The highest BCUT2D eigenvalue weighted by atomic mass is 79.9. The molecular formula is C16H19BrN2OS. The van der Waals surface area contributed by atoms with Crippen LogP contribution in [0.4, 0.5) is 0 Å². The van der Waals surface area contributed by atoms with Gasteiger partial charge >= 0.3 is 0 Å². The van der Waals surface area contributed by atoms with Gasteiger partial charge in [0.25, 0.3) is 0 Å². The first-order valence-corrected chi connectivity index (χ1v) is 8.89. The molecule has 1 aromatic carbocycles. The third-order valence-electron chi connectivity index (χ3n) is 3.71. The van der Waals surface area contributed by atoms with Crippen molar-refractivity contribution in [2.45, 2.75) is 38.8 Å². The quantitative estimate of drug-likeness (QED) is 0.863. The van der Waals surface area contributed by atoms with E-state index in [9.17, 15) is 0 Å². The molecule has 0 spiro atoms. The number of aryl methyl sites for hydroxylation is 1. The standard InChI is InChI=1S/C16H19BrN2OS/c1-3-14-9-19-16(21-14)10(2)18-8-13-7-11-6-12(17)4-5-15(11)20-13/h4-6,9-10,13,18H,3,7-8H2,1-2H3. The molecule has 1 aromatic heterocycles. The number of rotatable bonds is 5.